The maximum atomic E-state index is 10.9. The van der Waals surface area contributed by atoms with Crippen LogP contribution in [0.1, 0.15) is 0 Å². The molecule has 1 aliphatic rings. The van der Waals surface area contributed by atoms with E-state index in [4.69, 9.17) is 5.11 Å². The van der Waals surface area contributed by atoms with Crippen molar-refractivity contribution in [2.45, 2.75) is 12.1 Å². The van der Waals surface area contributed by atoms with E-state index >= 15 is 0 Å². The van der Waals surface area contributed by atoms with E-state index in [0.717, 1.165) is 0 Å². The van der Waals surface area contributed by atoms with Gasteiger partial charge in [0.05, 0.1) is 0 Å². The summed E-state index contributed by atoms with van der Waals surface area (Å²) in [6.07, 6.45) is 0. The fourth-order valence-corrected chi connectivity index (χ4v) is 1.01. The Bertz CT molecular complexity index is 331. The van der Waals surface area contributed by atoms with Crippen LogP contribution in [0.5, 0.6) is 0 Å². The van der Waals surface area contributed by atoms with Crippen molar-refractivity contribution in [3.05, 3.63) is 10.1 Å². The van der Waals surface area contributed by atoms with Crippen LogP contribution >= 0.6 is 0 Å². The second-order valence-corrected chi connectivity index (χ2v) is 2.51. The summed E-state index contributed by atoms with van der Waals surface area (Å²) in [6.45, 7) is 0. The minimum atomic E-state index is -2.00. The van der Waals surface area contributed by atoms with Crippen molar-refractivity contribution in [1.29, 1.82) is 0 Å². The van der Waals surface area contributed by atoms with Gasteiger partial charge in [-0.3, -0.25) is 20.2 Å². The summed E-state index contributed by atoms with van der Waals surface area (Å²) in [6, 6.07) is -4.88. The molecule has 1 fully saturated rings. The number of nitro groups is 1. The molecule has 0 aliphatic carbocycles. The Kier molecular flexibility index (Phi) is 5.30. The Labute approximate surface area is 125 Å². The topological polar surface area (TPSA) is 139 Å². The Hall–Kier alpha value is -0.554. The van der Waals surface area contributed by atoms with Crippen molar-refractivity contribution >= 4 is 69.3 Å². The van der Waals surface area contributed by atoms with Gasteiger partial charge in [-0.2, -0.15) is 0 Å². The zero-order valence-corrected chi connectivity index (χ0v) is 10.7. The molecule has 15 heavy (non-hydrogen) atoms. The van der Waals surface area contributed by atoms with Crippen molar-refractivity contribution in [3.63, 3.8) is 0 Å². The minimum Gasteiger partial charge on any atom is -0.480 e. The predicted octanol–water partition coefficient (Wildman–Crippen LogP) is -2.46. The molecular weight excluding hydrogens is 237 g/mol. The summed E-state index contributed by atoms with van der Waals surface area (Å²) in [5.41, 5.74) is 0. The van der Waals surface area contributed by atoms with Crippen LogP contribution in [0.2, 0.25) is 0 Å². The number of urea groups is 1. The third-order valence-electron chi connectivity index (χ3n) is 1.60. The first-order valence-electron chi connectivity index (χ1n) is 3.41. The summed E-state index contributed by atoms with van der Waals surface area (Å²) in [5, 5.41) is 22.2. The molecule has 3 N–H and O–H groups in total. The molecule has 77 valence electrons. The molecule has 9 nitrogen and oxygen atoms in total. The molecule has 0 aromatic heterocycles. The number of amides is 3. The zero-order chi connectivity index (χ0) is 10.9. The fraction of sp³-hybridized carbons (Fsp3) is 0.400. The van der Waals surface area contributed by atoms with Gasteiger partial charge in [-0.25, -0.2) is 9.59 Å². The van der Waals surface area contributed by atoms with E-state index in [1.807, 2.05) is 0 Å². The van der Waals surface area contributed by atoms with Crippen LogP contribution in [0.4, 0.5) is 4.79 Å². The number of nitrogens with one attached hydrogen (secondary N) is 2. The van der Waals surface area contributed by atoms with Crippen LogP contribution in [-0.2, 0) is 9.59 Å². The molecule has 1 heterocycles. The van der Waals surface area contributed by atoms with E-state index < -0.39 is 34.9 Å². The Morgan fingerprint density at radius 1 is 1.47 bits per heavy atom. The summed E-state index contributed by atoms with van der Waals surface area (Å²) < 4.78 is 0. The van der Waals surface area contributed by atoms with Crippen LogP contribution < -0.4 is 10.6 Å². The fourth-order valence-electron chi connectivity index (χ4n) is 1.01. The molecule has 2 unspecified atom stereocenters. The molecule has 2 atom stereocenters. The van der Waals surface area contributed by atoms with E-state index in [2.05, 4.69) is 0 Å². The van der Waals surface area contributed by atoms with Gasteiger partial charge in [-0.05, 0) is 0 Å². The molecule has 0 aromatic carbocycles. The Morgan fingerprint density at radius 2 is 2.00 bits per heavy atom. The standard InChI is InChI=1S/C5H5N3O6.K/c9-3-2(8(13)14)1(4(10)11)6-5(12)7-3;/h1-2H,(H,10,11)(H2,6,7,9,12);. The van der Waals surface area contributed by atoms with Crippen LogP contribution in [0.3, 0.4) is 0 Å². The SMILES string of the molecule is O=C1NC(=O)C([N+](=O)[O-])C(C(=O)O)N1.[K]. The molecule has 1 rings (SSSR count). The van der Waals surface area contributed by atoms with Crippen LogP contribution in [-0.4, -0.2) is 91.4 Å². The predicted molar refractivity (Wildman–Crippen MR) is 44.6 cm³/mol. The number of carbonyl (C=O) groups is 3. The van der Waals surface area contributed by atoms with Gasteiger partial charge in [0.2, 0.25) is 6.04 Å². The normalized spacial score (nSPS) is 24.5. The quantitative estimate of drug-likeness (QED) is 0.279. The van der Waals surface area contributed by atoms with Crippen molar-refractivity contribution < 1.29 is 24.4 Å². The van der Waals surface area contributed by atoms with Crippen molar-refractivity contribution in [2.24, 2.45) is 0 Å². The molecule has 0 saturated carbocycles. The van der Waals surface area contributed by atoms with Crippen LogP contribution in [0.15, 0.2) is 0 Å². The van der Waals surface area contributed by atoms with Crippen molar-refractivity contribution in [2.75, 3.05) is 0 Å². The molecule has 0 bridgehead atoms. The van der Waals surface area contributed by atoms with E-state index in [9.17, 15) is 24.5 Å². The number of hydrogen-bond donors (Lipinski definition) is 3. The number of carboxylic acids is 1. The monoisotopic (exact) mass is 242 g/mol. The molecule has 1 radical (unpaired) electrons. The number of aliphatic carboxylic acids is 1. The number of imide groups is 1. The van der Waals surface area contributed by atoms with Gasteiger partial charge in [0, 0.05) is 56.3 Å². The Morgan fingerprint density at radius 3 is 2.40 bits per heavy atom. The number of hydrogen-bond acceptors (Lipinski definition) is 5. The number of rotatable bonds is 2. The number of carboxylic acid groups (broad SMARTS) is 1. The van der Waals surface area contributed by atoms with Crippen LogP contribution in [0, 0.1) is 10.1 Å². The van der Waals surface area contributed by atoms with E-state index in [0.29, 0.717) is 0 Å². The minimum absolute atomic E-state index is 0. The molecule has 10 heteroatoms. The molecular formula is C5H5KN3O6. The average Bonchev–Trinajstić information content (AvgIpc) is 2.01. The zero-order valence-electron chi connectivity index (χ0n) is 7.59. The number of carbonyl (C=O) groups excluding carboxylic acids is 2. The van der Waals surface area contributed by atoms with E-state index in [1.54, 1.807) is 10.6 Å². The van der Waals surface area contributed by atoms with Gasteiger partial charge in [-0.1, -0.05) is 0 Å². The third kappa shape index (κ3) is 3.20. The van der Waals surface area contributed by atoms with Crippen molar-refractivity contribution in [3.8, 4) is 0 Å². The van der Waals surface area contributed by atoms with Gasteiger partial charge < -0.3 is 10.4 Å². The first-order chi connectivity index (χ1) is 6.43. The summed E-state index contributed by atoms with van der Waals surface area (Å²) in [5.74, 6) is -2.86. The van der Waals surface area contributed by atoms with Gasteiger partial charge in [0.15, 0.2) is 0 Å². The molecule has 3 amide bonds. The third-order valence-corrected chi connectivity index (χ3v) is 1.60. The van der Waals surface area contributed by atoms with Gasteiger partial charge in [0.1, 0.15) is 0 Å². The first kappa shape index (κ1) is 14.4. The smallest absolute Gasteiger partial charge is 0.334 e. The number of nitrogens with zero attached hydrogens (tertiary/aromatic N) is 1. The Balaban J connectivity index is 0.00000196. The van der Waals surface area contributed by atoms with Crippen LogP contribution in [0.25, 0.3) is 0 Å². The molecule has 1 saturated heterocycles. The summed E-state index contributed by atoms with van der Waals surface area (Å²) in [4.78, 5) is 41.2. The second-order valence-electron chi connectivity index (χ2n) is 2.51. The second kappa shape index (κ2) is 5.51. The maximum Gasteiger partial charge on any atom is 0.334 e. The largest absolute Gasteiger partial charge is 0.480 e. The van der Waals surface area contributed by atoms with E-state index in [-0.39, 0.29) is 51.4 Å². The average molecular weight is 242 g/mol. The molecule has 1 aliphatic heterocycles. The first-order valence-corrected chi connectivity index (χ1v) is 3.41. The maximum absolute atomic E-state index is 10.9. The van der Waals surface area contributed by atoms with Gasteiger partial charge in [-0.15, -0.1) is 0 Å². The summed E-state index contributed by atoms with van der Waals surface area (Å²) >= 11 is 0. The van der Waals surface area contributed by atoms with Gasteiger partial charge >= 0.3 is 23.9 Å². The summed E-state index contributed by atoms with van der Waals surface area (Å²) in [7, 11) is 0. The van der Waals surface area contributed by atoms with Crippen molar-refractivity contribution in [1.82, 2.24) is 10.6 Å². The molecule has 0 aromatic rings. The van der Waals surface area contributed by atoms with Gasteiger partial charge in [0.25, 0.3) is 0 Å². The van der Waals surface area contributed by atoms with E-state index in [1.165, 1.54) is 0 Å². The molecule has 0 spiro atoms.